The van der Waals surface area contributed by atoms with E-state index in [2.05, 4.69) is 47.4 Å². The molecular weight excluding hydrogens is 230 g/mol. The second-order valence-electron chi connectivity index (χ2n) is 5.56. The van der Waals surface area contributed by atoms with E-state index >= 15 is 0 Å². The first-order valence-electron chi connectivity index (χ1n) is 7.28. The van der Waals surface area contributed by atoms with Crippen molar-refractivity contribution in [3.63, 3.8) is 0 Å². The molecule has 1 heterocycles. The number of hydrogen-bond acceptors (Lipinski definition) is 0. The third kappa shape index (κ3) is 1.76. The first-order valence-corrected chi connectivity index (χ1v) is 7.28. The minimum Gasteiger partial charge on any atom is -0.354 e. The molecule has 0 atom stereocenters. The topological polar surface area (TPSA) is 15.8 Å². The van der Waals surface area contributed by atoms with Gasteiger partial charge in [-0.15, -0.1) is 0 Å². The maximum Gasteiger partial charge on any atom is 0.0503 e. The molecule has 0 spiro atoms. The van der Waals surface area contributed by atoms with Crippen molar-refractivity contribution in [2.24, 2.45) is 0 Å². The number of H-pyrrole nitrogens is 1. The molecule has 1 aliphatic carbocycles. The summed E-state index contributed by atoms with van der Waals surface area (Å²) in [6, 6.07) is 15.3. The summed E-state index contributed by atoms with van der Waals surface area (Å²) < 4.78 is 0. The average molecular weight is 248 g/mol. The highest BCUT2D eigenvalue weighted by Gasteiger charge is 2.19. The second-order valence-corrected chi connectivity index (χ2v) is 5.56. The van der Waals surface area contributed by atoms with Crippen LogP contribution in [0, 0.1) is 5.92 Å². The van der Waals surface area contributed by atoms with Crippen molar-refractivity contribution in [1.29, 1.82) is 0 Å². The zero-order valence-electron chi connectivity index (χ0n) is 11.1. The Bertz CT molecular complexity index is 717. The second kappa shape index (κ2) is 4.41. The zero-order chi connectivity index (χ0) is 12.7. The van der Waals surface area contributed by atoms with E-state index in [0.717, 1.165) is 0 Å². The van der Waals surface area contributed by atoms with Crippen LogP contribution in [0.1, 0.15) is 37.7 Å². The lowest BCUT2D eigenvalue weighted by Crippen LogP contribution is -2.05. The quantitative estimate of drug-likeness (QED) is 0.608. The molecule has 0 unspecified atom stereocenters. The SMILES string of the molecule is c1ccc2c(c1)[nH]c1c([C]3CCCCC3)cccc12. The van der Waals surface area contributed by atoms with Crippen LogP contribution < -0.4 is 0 Å². The van der Waals surface area contributed by atoms with Gasteiger partial charge in [-0.2, -0.15) is 0 Å². The Hall–Kier alpha value is -1.76. The molecule has 1 radical (unpaired) electrons. The first kappa shape index (κ1) is 11.1. The highest BCUT2D eigenvalue weighted by atomic mass is 14.7. The Morgan fingerprint density at radius 2 is 1.53 bits per heavy atom. The van der Waals surface area contributed by atoms with Crippen LogP contribution in [0.15, 0.2) is 42.5 Å². The Morgan fingerprint density at radius 3 is 2.42 bits per heavy atom. The lowest BCUT2D eigenvalue weighted by Gasteiger charge is -2.21. The van der Waals surface area contributed by atoms with Gasteiger partial charge in [0.25, 0.3) is 0 Å². The van der Waals surface area contributed by atoms with Gasteiger partial charge in [-0.3, -0.25) is 0 Å². The van der Waals surface area contributed by atoms with Crippen LogP contribution in [-0.2, 0) is 0 Å². The summed E-state index contributed by atoms with van der Waals surface area (Å²) >= 11 is 0. The maximum atomic E-state index is 3.62. The number of para-hydroxylation sites is 2. The molecule has 19 heavy (non-hydrogen) atoms. The highest BCUT2D eigenvalue weighted by Crippen LogP contribution is 2.37. The van der Waals surface area contributed by atoms with Crippen LogP contribution in [0.3, 0.4) is 0 Å². The van der Waals surface area contributed by atoms with Gasteiger partial charge in [0.05, 0.1) is 5.52 Å². The smallest absolute Gasteiger partial charge is 0.0503 e. The fraction of sp³-hybridized carbons (Fsp3) is 0.278. The van der Waals surface area contributed by atoms with Crippen molar-refractivity contribution in [3.05, 3.63) is 53.9 Å². The molecule has 1 heteroatoms. The molecule has 4 rings (SSSR count). The van der Waals surface area contributed by atoms with E-state index < -0.39 is 0 Å². The van der Waals surface area contributed by atoms with Gasteiger partial charge in [0.15, 0.2) is 0 Å². The van der Waals surface area contributed by atoms with Crippen LogP contribution in [0.25, 0.3) is 21.8 Å². The summed E-state index contributed by atoms with van der Waals surface area (Å²) in [5.41, 5.74) is 4.04. The fourth-order valence-corrected chi connectivity index (χ4v) is 3.42. The molecule has 1 saturated carbocycles. The van der Waals surface area contributed by atoms with Gasteiger partial charge in [0.2, 0.25) is 0 Å². The fourth-order valence-electron chi connectivity index (χ4n) is 3.42. The van der Waals surface area contributed by atoms with E-state index in [1.807, 2.05) is 0 Å². The highest BCUT2D eigenvalue weighted by molar-refractivity contribution is 6.08. The van der Waals surface area contributed by atoms with Crippen molar-refractivity contribution in [2.75, 3.05) is 0 Å². The summed E-state index contributed by atoms with van der Waals surface area (Å²) in [5, 5.41) is 2.71. The number of nitrogens with one attached hydrogen (secondary N) is 1. The van der Waals surface area contributed by atoms with Crippen LogP contribution in [0.5, 0.6) is 0 Å². The normalized spacial score (nSPS) is 17.3. The first-order chi connectivity index (χ1) is 9.43. The molecule has 0 bridgehead atoms. The molecule has 0 aliphatic heterocycles. The molecule has 1 aromatic heterocycles. The molecule has 0 saturated heterocycles. The van der Waals surface area contributed by atoms with Gasteiger partial charge >= 0.3 is 0 Å². The number of aromatic amines is 1. The molecule has 2 aromatic carbocycles. The lowest BCUT2D eigenvalue weighted by atomic mass is 9.83. The van der Waals surface area contributed by atoms with E-state index in [1.54, 1.807) is 5.92 Å². The van der Waals surface area contributed by atoms with E-state index in [0.29, 0.717) is 0 Å². The van der Waals surface area contributed by atoms with Crippen molar-refractivity contribution in [1.82, 2.24) is 4.98 Å². The van der Waals surface area contributed by atoms with Crippen LogP contribution >= 0.6 is 0 Å². The number of aromatic nitrogens is 1. The Balaban J connectivity index is 1.95. The van der Waals surface area contributed by atoms with Gasteiger partial charge in [-0.25, -0.2) is 0 Å². The zero-order valence-corrected chi connectivity index (χ0v) is 11.1. The third-order valence-corrected chi connectivity index (χ3v) is 4.38. The number of benzene rings is 2. The van der Waals surface area contributed by atoms with Crippen molar-refractivity contribution in [2.45, 2.75) is 32.1 Å². The minimum atomic E-state index is 1.25. The Labute approximate surface area is 113 Å². The minimum absolute atomic E-state index is 1.25. The van der Waals surface area contributed by atoms with E-state index in [-0.39, 0.29) is 0 Å². The number of hydrogen-bond donors (Lipinski definition) is 1. The van der Waals surface area contributed by atoms with Gasteiger partial charge in [-0.1, -0.05) is 55.7 Å². The summed E-state index contributed by atoms with van der Waals surface area (Å²) in [6.45, 7) is 0. The Morgan fingerprint density at radius 1 is 0.737 bits per heavy atom. The summed E-state index contributed by atoms with van der Waals surface area (Å²) in [4.78, 5) is 3.62. The van der Waals surface area contributed by atoms with E-state index in [4.69, 9.17) is 0 Å². The molecule has 95 valence electrons. The Kier molecular flexibility index (Phi) is 2.58. The molecular formula is C18H18N. The third-order valence-electron chi connectivity index (χ3n) is 4.38. The molecule has 1 N–H and O–H groups in total. The summed E-state index contributed by atoms with van der Waals surface area (Å²) in [7, 11) is 0. The number of rotatable bonds is 1. The maximum absolute atomic E-state index is 3.62. The van der Waals surface area contributed by atoms with Gasteiger partial charge in [0.1, 0.15) is 0 Å². The van der Waals surface area contributed by atoms with Crippen LogP contribution in [0.2, 0.25) is 0 Å². The number of fused-ring (bicyclic) bond motifs is 3. The van der Waals surface area contributed by atoms with E-state index in [9.17, 15) is 0 Å². The summed E-state index contributed by atoms with van der Waals surface area (Å²) in [5.74, 6) is 1.64. The van der Waals surface area contributed by atoms with Gasteiger partial charge < -0.3 is 4.98 Å². The molecule has 3 aromatic rings. The largest absolute Gasteiger partial charge is 0.354 e. The predicted octanol–water partition coefficient (Wildman–Crippen LogP) is 5.21. The monoisotopic (exact) mass is 248 g/mol. The lowest BCUT2D eigenvalue weighted by molar-refractivity contribution is 0.552. The standard InChI is InChI=1S/C18H18N/c1-2-7-13(8-3-1)14-10-6-11-16-15-9-4-5-12-17(15)19-18(14)16/h4-6,9-12,19H,1-3,7-8H2. The molecule has 1 nitrogen and oxygen atoms in total. The van der Waals surface area contributed by atoms with Crippen molar-refractivity contribution >= 4 is 21.8 Å². The summed E-state index contributed by atoms with van der Waals surface area (Å²) in [6.07, 6.45) is 6.65. The van der Waals surface area contributed by atoms with Gasteiger partial charge in [0, 0.05) is 22.2 Å². The average Bonchev–Trinajstić information content (AvgIpc) is 2.87. The van der Waals surface area contributed by atoms with Crippen LogP contribution in [0.4, 0.5) is 0 Å². The van der Waals surface area contributed by atoms with Gasteiger partial charge in [-0.05, 0) is 24.5 Å². The molecule has 1 aliphatic rings. The predicted molar refractivity (Wildman–Crippen MR) is 81.2 cm³/mol. The van der Waals surface area contributed by atoms with Crippen molar-refractivity contribution < 1.29 is 0 Å². The van der Waals surface area contributed by atoms with Crippen molar-refractivity contribution in [3.8, 4) is 0 Å². The molecule has 1 fully saturated rings. The van der Waals surface area contributed by atoms with E-state index in [1.165, 1.54) is 59.5 Å². The molecule has 0 amide bonds. The van der Waals surface area contributed by atoms with Crippen LogP contribution in [-0.4, -0.2) is 4.98 Å².